The standard InChI is InChI=1S/C10H16N4O.ClH/c1-7-8(4-12-6-13-7)9(15)14-10(2,3)5-11;/h4,6H,5,11H2,1-3H3,(H,14,15);1H. The Morgan fingerprint density at radius 3 is 2.69 bits per heavy atom. The van der Waals surface area contributed by atoms with Gasteiger partial charge in [-0.2, -0.15) is 0 Å². The number of hydrogen-bond acceptors (Lipinski definition) is 4. The van der Waals surface area contributed by atoms with Gasteiger partial charge < -0.3 is 11.1 Å². The molecule has 0 saturated heterocycles. The summed E-state index contributed by atoms with van der Waals surface area (Å²) in [7, 11) is 0. The lowest BCUT2D eigenvalue weighted by atomic mass is 10.1. The van der Waals surface area contributed by atoms with E-state index in [1.54, 1.807) is 6.92 Å². The van der Waals surface area contributed by atoms with E-state index in [-0.39, 0.29) is 18.3 Å². The second-order valence-electron chi connectivity index (χ2n) is 4.06. The van der Waals surface area contributed by atoms with Gasteiger partial charge in [0.25, 0.3) is 5.91 Å². The lowest BCUT2D eigenvalue weighted by Crippen LogP contribution is -2.49. The molecule has 1 aromatic rings. The van der Waals surface area contributed by atoms with Crippen LogP contribution in [-0.2, 0) is 0 Å². The van der Waals surface area contributed by atoms with Crippen LogP contribution >= 0.6 is 12.4 Å². The molecule has 16 heavy (non-hydrogen) atoms. The summed E-state index contributed by atoms with van der Waals surface area (Å²) in [5.41, 5.74) is 6.25. The highest BCUT2D eigenvalue weighted by Gasteiger charge is 2.20. The smallest absolute Gasteiger partial charge is 0.255 e. The van der Waals surface area contributed by atoms with Crippen LogP contribution in [0.1, 0.15) is 29.9 Å². The average Bonchev–Trinajstić information content (AvgIpc) is 2.17. The topological polar surface area (TPSA) is 80.9 Å². The summed E-state index contributed by atoms with van der Waals surface area (Å²) in [4.78, 5) is 19.6. The molecule has 0 bridgehead atoms. The highest BCUT2D eigenvalue weighted by Crippen LogP contribution is 2.05. The van der Waals surface area contributed by atoms with Crippen LogP contribution in [0.15, 0.2) is 12.5 Å². The number of nitrogens with one attached hydrogen (secondary N) is 1. The third kappa shape index (κ3) is 3.75. The van der Waals surface area contributed by atoms with Crippen LogP contribution in [0, 0.1) is 6.92 Å². The SMILES string of the molecule is Cc1ncncc1C(=O)NC(C)(C)CN.Cl. The van der Waals surface area contributed by atoms with Gasteiger partial charge in [-0.25, -0.2) is 9.97 Å². The molecule has 0 saturated carbocycles. The van der Waals surface area contributed by atoms with Crippen molar-refractivity contribution in [3.63, 3.8) is 0 Å². The summed E-state index contributed by atoms with van der Waals surface area (Å²) in [5.74, 6) is -0.191. The molecule has 1 aromatic heterocycles. The predicted molar refractivity (Wildman–Crippen MR) is 64.6 cm³/mol. The number of nitrogens with zero attached hydrogens (tertiary/aromatic N) is 2. The van der Waals surface area contributed by atoms with E-state index in [9.17, 15) is 4.79 Å². The first-order chi connectivity index (χ1) is 6.96. The molecular weight excluding hydrogens is 228 g/mol. The summed E-state index contributed by atoms with van der Waals surface area (Å²) in [6.45, 7) is 5.88. The van der Waals surface area contributed by atoms with Crippen molar-refractivity contribution >= 4 is 18.3 Å². The fourth-order valence-corrected chi connectivity index (χ4v) is 1.04. The Kier molecular flexibility index (Phi) is 5.33. The number of carbonyl (C=O) groups excluding carboxylic acids is 1. The normalized spacial score (nSPS) is 10.5. The molecule has 0 fully saturated rings. The van der Waals surface area contributed by atoms with Crippen molar-refractivity contribution in [2.24, 2.45) is 5.73 Å². The number of aryl methyl sites for hydroxylation is 1. The molecule has 0 aliphatic rings. The summed E-state index contributed by atoms with van der Waals surface area (Å²) in [5, 5.41) is 2.82. The molecule has 5 nitrogen and oxygen atoms in total. The molecular formula is C10H17ClN4O. The van der Waals surface area contributed by atoms with E-state index in [4.69, 9.17) is 5.73 Å². The van der Waals surface area contributed by atoms with Crippen LogP contribution in [0.25, 0.3) is 0 Å². The van der Waals surface area contributed by atoms with Gasteiger partial charge in [-0.1, -0.05) is 0 Å². The maximum absolute atomic E-state index is 11.8. The first kappa shape index (κ1) is 14.8. The number of rotatable bonds is 3. The molecule has 1 rings (SSSR count). The first-order valence-corrected chi connectivity index (χ1v) is 4.75. The van der Waals surface area contributed by atoms with Gasteiger partial charge in [0.05, 0.1) is 11.3 Å². The van der Waals surface area contributed by atoms with Crippen LogP contribution < -0.4 is 11.1 Å². The number of hydrogen-bond donors (Lipinski definition) is 2. The van der Waals surface area contributed by atoms with Gasteiger partial charge in [0.2, 0.25) is 0 Å². The zero-order valence-electron chi connectivity index (χ0n) is 9.65. The van der Waals surface area contributed by atoms with Crippen LogP contribution in [0.2, 0.25) is 0 Å². The van der Waals surface area contributed by atoms with E-state index >= 15 is 0 Å². The average molecular weight is 245 g/mol. The van der Waals surface area contributed by atoms with E-state index in [0.29, 0.717) is 17.8 Å². The Labute approximate surface area is 101 Å². The maximum atomic E-state index is 11.8. The quantitative estimate of drug-likeness (QED) is 0.819. The van der Waals surface area contributed by atoms with Crippen molar-refractivity contribution in [1.82, 2.24) is 15.3 Å². The van der Waals surface area contributed by atoms with Crippen LogP contribution in [0.4, 0.5) is 0 Å². The van der Waals surface area contributed by atoms with Gasteiger partial charge in [-0.15, -0.1) is 12.4 Å². The van der Waals surface area contributed by atoms with Crippen molar-refractivity contribution in [2.45, 2.75) is 26.3 Å². The largest absolute Gasteiger partial charge is 0.346 e. The Morgan fingerprint density at radius 2 is 2.19 bits per heavy atom. The third-order valence-electron chi connectivity index (χ3n) is 2.12. The molecule has 0 aromatic carbocycles. The Bertz CT molecular complexity index is 368. The molecule has 1 heterocycles. The fraction of sp³-hybridized carbons (Fsp3) is 0.500. The minimum absolute atomic E-state index is 0. The van der Waals surface area contributed by atoms with Gasteiger partial charge in [-0.05, 0) is 20.8 Å². The summed E-state index contributed by atoms with van der Waals surface area (Å²) in [6, 6.07) is 0. The molecule has 0 aliphatic heterocycles. The van der Waals surface area contributed by atoms with Gasteiger partial charge in [0, 0.05) is 18.3 Å². The number of aromatic nitrogens is 2. The molecule has 0 unspecified atom stereocenters. The van der Waals surface area contributed by atoms with Crippen molar-refractivity contribution in [1.29, 1.82) is 0 Å². The minimum Gasteiger partial charge on any atom is -0.346 e. The molecule has 90 valence electrons. The molecule has 1 amide bonds. The lowest BCUT2D eigenvalue weighted by Gasteiger charge is -2.24. The molecule has 0 aliphatic carbocycles. The second-order valence-corrected chi connectivity index (χ2v) is 4.06. The van der Waals surface area contributed by atoms with Crippen molar-refractivity contribution in [3.05, 3.63) is 23.8 Å². The lowest BCUT2D eigenvalue weighted by molar-refractivity contribution is 0.0914. The number of nitrogens with two attached hydrogens (primary N) is 1. The highest BCUT2D eigenvalue weighted by molar-refractivity contribution is 5.95. The zero-order valence-corrected chi connectivity index (χ0v) is 10.5. The van der Waals surface area contributed by atoms with E-state index < -0.39 is 5.54 Å². The van der Waals surface area contributed by atoms with E-state index in [1.807, 2.05) is 13.8 Å². The van der Waals surface area contributed by atoms with Crippen molar-refractivity contribution in [2.75, 3.05) is 6.54 Å². The van der Waals surface area contributed by atoms with Crippen molar-refractivity contribution < 1.29 is 4.79 Å². The van der Waals surface area contributed by atoms with E-state index in [0.717, 1.165) is 0 Å². The summed E-state index contributed by atoms with van der Waals surface area (Å²) < 4.78 is 0. The van der Waals surface area contributed by atoms with Gasteiger partial charge in [0.15, 0.2) is 0 Å². The number of halogens is 1. The van der Waals surface area contributed by atoms with Crippen LogP contribution in [-0.4, -0.2) is 28.0 Å². The zero-order chi connectivity index (χ0) is 11.5. The molecule has 6 heteroatoms. The fourth-order valence-electron chi connectivity index (χ4n) is 1.04. The Morgan fingerprint density at radius 1 is 1.56 bits per heavy atom. The van der Waals surface area contributed by atoms with Gasteiger partial charge in [-0.3, -0.25) is 4.79 Å². The van der Waals surface area contributed by atoms with Crippen molar-refractivity contribution in [3.8, 4) is 0 Å². The van der Waals surface area contributed by atoms with Crippen LogP contribution in [0.5, 0.6) is 0 Å². The summed E-state index contributed by atoms with van der Waals surface area (Å²) >= 11 is 0. The minimum atomic E-state index is -0.417. The van der Waals surface area contributed by atoms with Gasteiger partial charge >= 0.3 is 0 Å². The molecule has 0 atom stereocenters. The first-order valence-electron chi connectivity index (χ1n) is 4.75. The molecule has 0 radical (unpaired) electrons. The van der Waals surface area contributed by atoms with Gasteiger partial charge in [0.1, 0.15) is 6.33 Å². The Hall–Kier alpha value is -1.20. The third-order valence-corrected chi connectivity index (χ3v) is 2.12. The monoisotopic (exact) mass is 244 g/mol. The predicted octanol–water partition coefficient (Wildman–Crippen LogP) is 0.674. The van der Waals surface area contributed by atoms with Crippen LogP contribution in [0.3, 0.4) is 0 Å². The molecule has 3 N–H and O–H groups in total. The molecule has 0 spiro atoms. The number of carbonyl (C=O) groups is 1. The second kappa shape index (κ2) is 5.77. The number of amides is 1. The Balaban J connectivity index is 0.00000225. The van der Waals surface area contributed by atoms with E-state index in [1.165, 1.54) is 12.5 Å². The highest BCUT2D eigenvalue weighted by atomic mass is 35.5. The van der Waals surface area contributed by atoms with E-state index in [2.05, 4.69) is 15.3 Å². The summed E-state index contributed by atoms with van der Waals surface area (Å²) in [6.07, 6.45) is 2.92. The maximum Gasteiger partial charge on any atom is 0.255 e.